The lowest BCUT2D eigenvalue weighted by molar-refractivity contribution is -0.0336. The summed E-state index contributed by atoms with van der Waals surface area (Å²) >= 11 is 0. The van der Waals surface area contributed by atoms with Crippen molar-refractivity contribution in [2.75, 3.05) is 52.4 Å². The Kier molecular flexibility index (Phi) is 15.6. The Hall–Kier alpha value is -7.00. The summed E-state index contributed by atoms with van der Waals surface area (Å²) in [5, 5.41) is 28.0. The zero-order valence-electron chi connectivity index (χ0n) is 37.4. The maximum Gasteiger partial charge on any atom is 0.408 e. The number of benzene rings is 5. The number of aromatic nitrogens is 1. The van der Waals surface area contributed by atoms with Gasteiger partial charge in [-0.25, -0.2) is 9.59 Å². The number of esters is 1. The van der Waals surface area contributed by atoms with Gasteiger partial charge in [-0.1, -0.05) is 78.9 Å². The molecule has 14 heteroatoms. The van der Waals surface area contributed by atoms with Gasteiger partial charge in [0.2, 0.25) is 5.56 Å². The van der Waals surface area contributed by atoms with E-state index in [0.717, 1.165) is 49.2 Å². The lowest BCUT2D eigenvalue weighted by Gasteiger charge is -2.43. The first-order valence-electron chi connectivity index (χ1n) is 23.0. The highest BCUT2D eigenvalue weighted by Gasteiger charge is 2.37. The van der Waals surface area contributed by atoms with Crippen LogP contribution in [-0.4, -0.2) is 101 Å². The molecule has 1 aromatic heterocycles. The molecule has 3 fully saturated rings. The highest BCUT2D eigenvalue weighted by atomic mass is 16.6. The van der Waals surface area contributed by atoms with Gasteiger partial charge in [-0.05, 0) is 122 Å². The van der Waals surface area contributed by atoms with Crippen molar-refractivity contribution in [3.8, 4) is 11.5 Å². The van der Waals surface area contributed by atoms with Crippen molar-refractivity contribution in [2.45, 2.75) is 50.5 Å². The topological polar surface area (TPSA) is 183 Å². The lowest BCUT2D eigenvalue weighted by atomic mass is 9.86. The van der Waals surface area contributed by atoms with E-state index >= 15 is 0 Å². The van der Waals surface area contributed by atoms with Crippen molar-refractivity contribution in [1.29, 1.82) is 0 Å². The highest BCUT2D eigenvalue weighted by molar-refractivity contribution is 5.94. The largest absolute Gasteiger partial charge is 0.506 e. The number of nitrogens with zero attached hydrogens (tertiary/aromatic N) is 2. The number of carbonyl (C=O) groups is 3. The molecule has 2 unspecified atom stereocenters. The molecule has 0 spiro atoms. The van der Waals surface area contributed by atoms with Gasteiger partial charge in [0.1, 0.15) is 24.2 Å². The summed E-state index contributed by atoms with van der Waals surface area (Å²) in [6, 6.07) is 39.1. The molecule has 6 aromatic rings. The molecule has 5 aromatic carbocycles. The number of carbonyl (C=O) groups excluding carboxylic acids is 3. The van der Waals surface area contributed by atoms with Crippen molar-refractivity contribution < 1.29 is 38.8 Å². The zero-order valence-corrected chi connectivity index (χ0v) is 37.4. The Morgan fingerprint density at radius 3 is 2.28 bits per heavy atom. The molecule has 3 aliphatic heterocycles. The van der Waals surface area contributed by atoms with Crippen molar-refractivity contribution in [2.24, 2.45) is 5.92 Å². The van der Waals surface area contributed by atoms with Gasteiger partial charge in [0.15, 0.2) is 0 Å². The molecule has 3 atom stereocenters. The summed E-state index contributed by atoms with van der Waals surface area (Å²) in [6.07, 6.45) is 1.70. The van der Waals surface area contributed by atoms with Crippen LogP contribution in [0.2, 0.25) is 0 Å². The van der Waals surface area contributed by atoms with Crippen molar-refractivity contribution in [1.82, 2.24) is 25.4 Å². The van der Waals surface area contributed by atoms with Crippen LogP contribution >= 0.6 is 0 Å². The van der Waals surface area contributed by atoms with Gasteiger partial charge in [-0.2, -0.15) is 0 Å². The fourth-order valence-corrected chi connectivity index (χ4v) is 8.90. The Labute approximate surface area is 389 Å². The molecule has 14 nitrogen and oxygen atoms in total. The van der Waals surface area contributed by atoms with Crippen molar-refractivity contribution >= 4 is 28.9 Å². The van der Waals surface area contributed by atoms with Crippen LogP contribution in [0.4, 0.5) is 4.79 Å². The minimum Gasteiger partial charge on any atom is -0.506 e. The minimum absolute atomic E-state index is 0.0753. The smallest absolute Gasteiger partial charge is 0.408 e. The number of aliphatic hydroxyl groups is 1. The molecule has 9 rings (SSSR count). The molecule has 5 N–H and O–H groups in total. The number of phenols is 1. The van der Waals surface area contributed by atoms with Gasteiger partial charge in [-0.3, -0.25) is 14.5 Å². The summed E-state index contributed by atoms with van der Waals surface area (Å²) in [5.41, 5.74) is 4.07. The van der Waals surface area contributed by atoms with E-state index in [1.807, 2.05) is 84.9 Å². The number of aromatic amines is 1. The first-order chi connectivity index (χ1) is 32.7. The van der Waals surface area contributed by atoms with E-state index in [2.05, 4.69) is 20.5 Å². The molecule has 0 saturated carbocycles. The second-order valence-corrected chi connectivity index (χ2v) is 17.1. The monoisotopic (exact) mass is 907 g/mol. The SMILES string of the molecule is O=C(N[C@@H](c1ccccc1)c1cccc(OCc2ccc(C(=O)OCCCN(CCCNCC(O)c3ccc(O)c4[nH]c(=O)ccc34)C(=O)c3ccccc3)cc2)c1)OC1CN2CCC1CC2. The van der Waals surface area contributed by atoms with E-state index in [-0.39, 0.29) is 48.6 Å². The molecule has 2 amide bonds. The third-order valence-corrected chi connectivity index (χ3v) is 12.5. The minimum atomic E-state index is -0.903. The molecule has 67 heavy (non-hydrogen) atoms. The van der Waals surface area contributed by atoms with E-state index in [0.29, 0.717) is 66.2 Å². The third kappa shape index (κ3) is 12.3. The van der Waals surface area contributed by atoms with Crippen LogP contribution < -0.4 is 20.9 Å². The van der Waals surface area contributed by atoms with E-state index in [9.17, 15) is 29.4 Å². The van der Waals surface area contributed by atoms with E-state index in [4.69, 9.17) is 14.2 Å². The van der Waals surface area contributed by atoms with Crippen LogP contribution in [0.5, 0.6) is 11.5 Å². The second kappa shape index (κ2) is 22.5. The number of amides is 2. The fourth-order valence-electron chi connectivity index (χ4n) is 8.90. The van der Waals surface area contributed by atoms with E-state index in [1.54, 1.807) is 41.3 Å². The van der Waals surface area contributed by atoms with Gasteiger partial charge < -0.3 is 44.9 Å². The number of piperidine rings is 3. The summed E-state index contributed by atoms with van der Waals surface area (Å²) in [5.74, 6) is 0.358. The predicted molar refractivity (Wildman–Crippen MR) is 254 cm³/mol. The number of pyridine rings is 1. The average molecular weight is 908 g/mol. The van der Waals surface area contributed by atoms with Crippen molar-refractivity contribution in [3.63, 3.8) is 0 Å². The van der Waals surface area contributed by atoms with Crippen LogP contribution in [0.1, 0.15) is 80.8 Å². The quantitative estimate of drug-likeness (QED) is 0.0389. The molecule has 348 valence electrons. The lowest BCUT2D eigenvalue weighted by Crippen LogP contribution is -2.52. The van der Waals surface area contributed by atoms with Crippen LogP contribution in [0.25, 0.3) is 10.9 Å². The number of rotatable bonds is 20. The molecule has 3 aliphatic rings. The normalized spacial score (nSPS) is 17.3. The van der Waals surface area contributed by atoms with Crippen molar-refractivity contribution in [3.05, 3.63) is 177 Å². The molecule has 0 aliphatic carbocycles. The number of hydrogen-bond acceptors (Lipinski definition) is 11. The number of alkyl carbamates (subject to hydrolysis) is 1. The van der Waals surface area contributed by atoms with Gasteiger partial charge in [0, 0.05) is 43.2 Å². The van der Waals surface area contributed by atoms with Crippen LogP contribution in [0, 0.1) is 5.92 Å². The molecule has 0 radical (unpaired) electrons. The maximum absolute atomic E-state index is 13.5. The number of fused-ring (bicyclic) bond motifs is 4. The first-order valence-corrected chi connectivity index (χ1v) is 23.0. The number of H-pyrrole nitrogens is 1. The Bertz CT molecular complexity index is 2650. The van der Waals surface area contributed by atoms with Gasteiger partial charge in [-0.15, -0.1) is 0 Å². The second-order valence-electron chi connectivity index (χ2n) is 17.1. The highest BCUT2D eigenvalue weighted by Crippen LogP contribution is 2.32. The Morgan fingerprint density at radius 2 is 1.54 bits per heavy atom. The van der Waals surface area contributed by atoms with Crippen LogP contribution in [-0.2, 0) is 16.1 Å². The maximum atomic E-state index is 13.5. The summed E-state index contributed by atoms with van der Waals surface area (Å²) < 4.78 is 17.8. The van der Waals surface area contributed by atoms with Gasteiger partial charge in [0.05, 0.1) is 29.8 Å². The standard InChI is InChI=1S/C53H57N5O9/c59-45-22-20-43(44-21-23-48(61)55-50(44)45)46(60)33-54-26-8-27-58(51(62)39-12-5-2-6-13-39)28-9-31-65-52(63)40-18-16-36(17-19-40)35-66-42-15-7-14-41(32-42)49(38-10-3-1-4-11-38)56-53(64)67-47-34-57-29-24-37(47)25-30-57/h1-7,10-23,32,37,46-47,49,54,59-60H,8-9,24-31,33-35H2,(H,55,61)(H,56,64)/t46?,47?,49-/m0/s1. The first kappa shape index (κ1) is 46.5. The molecule has 4 heterocycles. The number of phenolic OH excluding ortho intramolecular Hbond substituents is 1. The molecule has 3 saturated heterocycles. The molecule has 2 bridgehead atoms. The third-order valence-electron chi connectivity index (χ3n) is 12.5. The van der Waals surface area contributed by atoms with E-state index in [1.165, 1.54) is 12.1 Å². The molecular formula is C53H57N5O9. The van der Waals surface area contributed by atoms with Crippen LogP contribution in [0.15, 0.2) is 138 Å². The van der Waals surface area contributed by atoms with E-state index < -0.39 is 24.2 Å². The number of aromatic hydroxyl groups is 1. The zero-order chi connectivity index (χ0) is 46.5. The Balaban J connectivity index is 0.796. The number of hydrogen-bond donors (Lipinski definition) is 5. The molecular weight excluding hydrogens is 851 g/mol. The summed E-state index contributed by atoms with van der Waals surface area (Å²) in [7, 11) is 0. The van der Waals surface area contributed by atoms with Crippen LogP contribution in [0.3, 0.4) is 0 Å². The summed E-state index contributed by atoms with van der Waals surface area (Å²) in [4.78, 5) is 58.3. The Morgan fingerprint density at radius 1 is 0.806 bits per heavy atom. The summed E-state index contributed by atoms with van der Waals surface area (Å²) in [6.45, 7) is 4.81. The average Bonchev–Trinajstić information content (AvgIpc) is 3.36. The number of aliphatic hydroxyl groups excluding tert-OH is 1. The number of nitrogens with one attached hydrogen (secondary N) is 3. The predicted octanol–water partition coefficient (Wildman–Crippen LogP) is 7.13. The fraction of sp³-hybridized carbons (Fsp3) is 0.321. The number of ether oxygens (including phenoxy) is 3. The van der Waals surface area contributed by atoms with Gasteiger partial charge >= 0.3 is 12.1 Å². The van der Waals surface area contributed by atoms with Gasteiger partial charge in [0.25, 0.3) is 5.91 Å².